The predicted molar refractivity (Wildman–Crippen MR) is 72.9 cm³/mol. The average molecular weight is 276 g/mol. The van der Waals surface area contributed by atoms with Gasteiger partial charge in [0.05, 0.1) is 18.9 Å². The molecule has 0 spiro atoms. The Kier molecular flexibility index (Phi) is 3.86. The molecule has 1 aromatic carbocycles. The number of aromatic nitrogens is 3. The van der Waals surface area contributed by atoms with Gasteiger partial charge in [0.2, 0.25) is 4.77 Å². The van der Waals surface area contributed by atoms with Gasteiger partial charge >= 0.3 is 5.97 Å². The normalized spacial score (nSPS) is 10.8. The van der Waals surface area contributed by atoms with Crippen molar-refractivity contribution in [3.63, 3.8) is 0 Å². The largest absolute Gasteiger partial charge is 0.465 e. The Hall–Kier alpha value is -2.28. The third-order valence-corrected chi connectivity index (χ3v) is 2.75. The minimum atomic E-state index is -0.408. The van der Waals surface area contributed by atoms with E-state index in [0.717, 1.165) is 0 Å². The first-order chi connectivity index (χ1) is 9.13. The number of aromatic amines is 1. The van der Waals surface area contributed by atoms with Crippen molar-refractivity contribution in [2.24, 2.45) is 5.10 Å². The zero-order chi connectivity index (χ0) is 13.8. The van der Waals surface area contributed by atoms with Crippen molar-refractivity contribution in [2.45, 2.75) is 6.92 Å². The lowest BCUT2D eigenvalue weighted by molar-refractivity contribution is 0.0600. The van der Waals surface area contributed by atoms with Crippen LogP contribution in [0.5, 0.6) is 0 Å². The number of H-pyrrole nitrogens is 1. The van der Waals surface area contributed by atoms with Crippen LogP contribution >= 0.6 is 12.2 Å². The number of nitrogens with one attached hydrogen (secondary N) is 1. The van der Waals surface area contributed by atoms with Crippen molar-refractivity contribution in [3.8, 4) is 0 Å². The van der Waals surface area contributed by atoms with Gasteiger partial charge in [0, 0.05) is 5.56 Å². The summed E-state index contributed by atoms with van der Waals surface area (Å²) >= 11 is 5.04. The molecule has 6 nitrogen and oxygen atoms in total. The second-order valence-corrected chi connectivity index (χ2v) is 4.10. The zero-order valence-electron chi connectivity index (χ0n) is 10.5. The third-order valence-electron chi connectivity index (χ3n) is 2.49. The SMILES string of the molecule is COC(=O)c1ccccc1C=Nn1c(C)n[nH]c1=S. The Labute approximate surface area is 114 Å². The Balaban J connectivity index is 2.39. The van der Waals surface area contributed by atoms with E-state index in [1.807, 2.05) is 6.07 Å². The van der Waals surface area contributed by atoms with Crippen molar-refractivity contribution < 1.29 is 9.53 Å². The minimum Gasteiger partial charge on any atom is -0.465 e. The van der Waals surface area contributed by atoms with Crippen molar-refractivity contribution >= 4 is 24.4 Å². The molecular weight excluding hydrogens is 264 g/mol. The maximum Gasteiger partial charge on any atom is 0.338 e. The second-order valence-electron chi connectivity index (χ2n) is 3.71. The Morgan fingerprint density at radius 3 is 2.89 bits per heavy atom. The van der Waals surface area contributed by atoms with Crippen LogP contribution in [-0.2, 0) is 4.74 Å². The van der Waals surface area contributed by atoms with Gasteiger partial charge < -0.3 is 4.74 Å². The van der Waals surface area contributed by atoms with Gasteiger partial charge in [-0.3, -0.25) is 5.10 Å². The molecule has 0 aliphatic rings. The lowest BCUT2D eigenvalue weighted by atomic mass is 10.1. The highest BCUT2D eigenvalue weighted by Gasteiger charge is 2.09. The molecule has 0 saturated carbocycles. The first kappa shape index (κ1) is 13.2. The molecule has 7 heteroatoms. The number of benzene rings is 1. The van der Waals surface area contributed by atoms with Crippen LogP contribution in [0.4, 0.5) is 0 Å². The van der Waals surface area contributed by atoms with Crippen LogP contribution in [0.2, 0.25) is 0 Å². The molecule has 0 aliphatic carbocycles. The van der Waals surface area contributed by atoms with Crippen molar-refractivity contribution in [1.29, 1.82) is 0 Å². The summed E-state index contributed by atoms with van der Waals surface area (Å²) in [6.45, 7) is 1.77. The summed E-state index contributed by atoms with van der Waals surface area (Å²) in [5, 5.41) is 10.8. The van der Waals surface area contributed by atoms with Crippen molar-refractivity contribution in [1.82, 2.24) is 14.9 Å². The number of ether oxygens (including phenoxy) is 1. The van der Waals surface area contributed by atoms with Gasteiger partial charge in [-0.05, 0) is 25.2 Å². The fourth-order valence-corrected chi connectivity index (χ4v) is 1.76. The van der Waals surface area contributed by atoms with Gasteiger partial charge in [0.1, 0.15) is 5.82 Å². The van der Waals surface area contributed by atoms with Crippen LogP contribution in [-0.4, -0.2) is 34.2 Å². The van der Waals surface area contributed by atoms with Crippen LogP contribution in [0.3, 0.4) is 0 Å². The molecule has 0 saturated heterocycles. The van der Waals surface area contributed by atoms with E-state index in [1.54, 1.807) is 31.3 Å². The van der Waals surface area contributed by atoms with Gasteiger partial charge in [0.25, 0.3) is 0 Å². The topological polar surface area (TPSA) is 72.3 Å². The molecule has 0 fully saturated rings. The Morgan fingerprint density at radius 1 is 1.53 bits per heavy atom. The summed E-state index contributed by atoms with van der Waals surface area (Å²) in [6, 6.07) is 7.02. The highest BCUT2D eigenvalue weighted by Crippen LogP contribution is 2.08. The number of aryl methyl sites for hydroxylation is 1. The number of esters is 1. The lowest BCUT2D eigenvalue weighted by Gasteiger charge is -2.02. The van der Waals surface area contributed by atoms with Crippen LogP contribution < -0.4 is 0 Å². The number of carbonyl (C=O) groups excluding carboxylic acids is 1. The van der Waals surface area contributed by atoms with Gasteiger partial charge in [-0.2, -0.15) is 14.9 Å². The summed E-state index contributed by atoms with van der Waals surface area (Å²) in [7, 11) is 1.34. The molecule has 1 aromatic heterocycles. The second kappa shape index (κ2) is 5.57. The molecule has 2 rings (SSSR count). The molecule has 19 heavy (non-hydrogen) atoms. The molecule has 0 atom stereocenters. The summed E-state index contributed by atoms with van der Waals surface area (Å²) in [5.74, 6) is 0.228. The Morgan fingerprint density at radius 2 is 2.26 bits per heavy atom. The average Bonchev–Trinajstić information content (AvgIpc) is 2.75. The third kappa shape index (κ3) is 2.76. The van der Waals surface area contributed by atoms with E-state index < -0.39 is 5.97 Å². The maximum atomic E-state index is 11.6. The molecule has 0 unspecified atom stereocenters. The molecule has 1 heterocycles. The van der Waals surface area contributed by atoms with Crippen LogP contribution in [0.25, 0.3) is 0 Å². The number of nitrogens with zero attached hydrogens (tertiary/aromatic N) is 3. The van der Waals surface area contributed by atoms with E-state index in [-0.39, 0.29) is 0 Å². The number of hydrogen-bond acceptors (Lipinski definition) is 5. The Bertz CT molecular complexity index is 687. The summed E-state index contributed by atoms with van der Waals surface area (Å²) < 4.78 is 6.58. The smallest absolute Gasteiger partial charge is 0.338 e. The lowest BCUT2D eigenvalue weighted by Crippen LogP contribution is -2.05. The van der Waals surface area contributed by atoms with E-state index in [4.69, 9.17) is 17.0 Å². The van der Waals surface area contributed by atoms with Gasteiger partial charge in [0.15, 0.2) is 0 Å². The van der Waals surface area contributed by atoms with E-state index in [9.17, 15) is 4.79 Å². The van der Waals surface area contributed by atoms with Gasteiger partial charge in [-0.1, -0.05) is 18.2 Å². The molecule has 0 amide bonds. The standard InChI is InChI=1S/C12H12N4O2S/c1-8-14-15-12(19)16(8)13-7-9-5-3-4-6-10(9)11(17)18-2/h3-7H,1-2H3,(H,15,19). The fraction of sp³-hybridized carbons (Fsp3) is 0.167. The van der Waals surface area contributed by atoms with Gasteiger partial charge in [-0.25, -0.2) is 4.79 Å². The van der Waals surface area contributed by atoms with E-state index in [0.29, 0.717) is 21.7 Å². The summed E-state index contributed by atoms with van der Waals surface area (Å²) in [5.41, 5.74) is 1.10. The first-order valence-electron chi connectivity index (χ1n) is 5.49. The van der Waals surface area contributed by atoms with Gasteiger partial charge in [-0.15, -0.1) is 0 Å². The molecule has 0 bridgehead atoms. The molecule has 1 N–H and O–H groups in total. The molecule has 0 radical (unpaired) electrons. The molecular formula is C12H12N4O2S. The minimum absolute atomic E-state index is 0.393. The number of rotatable bonds is 3. The van der Waals surface area contributed by atoms with Crippen molar-refractivity contribution in [2.75, 3.05) is 7.11 Å². The van der Waals surface area contributed by atoms with E-state index in [2.05, 4.69) is 15.3 Å². The van der Waals surface area contributed by atoms with Crippen LogP contribution in [0.15, 0.2) is 29.4 Å². The van der Waals surface area contributed by atoms with E-state index >= 15 is 0 Å². The molecule has 98 valence electrons. The number of hydrogen-bond donors (Lipinski definition) is 1. The summed E-state index contributed by atoms with van der Waals surface area (Å²) in [6.07, 6.45) is 1.55. The zero-order valence-corrected chi connectivity index (χ0v) is 11.3. The summed E-state index contributed by atoms with van der Waals surface area (Å²) in [4.78, 5) is 11.6. The number of methoxy groups -OCH3 is 1. The first-order valence-corrected chi connectivity index (χ1v) is 5.90. The quantitative estimate of drug-likeness (QED) is 0.528. The van der Waals surface area contributed by atoms with Crippen LogP contribution in [0.1, 0.15) is 21.7 Å². The predicted octanol–water partition coefficient (Wildman–Crippen LogP) is 1.92. The monoisotopic (exact) mass is 276 g/mol. The molecule has 2 aromatic rings. The van der Waals surface area contributed by atoms with Crippen LogP contribution in [0, 0.1) is 11.7 Å². The highest BCUT2D eigenvalue weighted by atomic mass is 32.1. The molecule has 0 aliphatic heterocycles. The van der Waals surface area contributed by atoms with E-state index in [1.165, 1.54) is 11.8 Å². The van der Waals surface area contributed by atoms with Crippen molar-refractivity contribution in [3.05, 3.63) is 46.0 Å². The fourth-order valence-electron chi connectivity index (χ4n) is 1.53. The number of carbonyl (C=O) groups is 1. The highest BCUT2D eigenvalue weighted by molar-refractivity contribution is 7.71. The maximum absolute atomic E-state index is 11.6.